The van der Waals surface area contributed by atoms with Gasteiger partial charge in [0.05, 0.1) is 0 Å². The second-order valence-corrected chi connectivity index (χ2v) is 9.15. The van der Waals surface area contributed by atoms with Crippen molar-refractivity contribution in [3.05, 3.63) is 0 Å². The highest BCUT2D eigenvalue weighted by molar-refractivity contribution is 14.1. The molecule has 2 rings (SSSR count). The smallest absolute Gasteiger partial charge is 0.0110 e. The Labute approximate surface area is 128 Å². The van der Waals surface area contributed by atoms with Crippen molar-refractivity contribution in [3.8, 4) is 0 Å². The maximum Gasteiger partial charge on any atom is 0.0110 e. The molecule has 106 valence electrons. The Morgan fingerprint density at radius 1 is 1.06 bits per heavy atom. The van der Waals surface area contributed by atoms with Crippen LogP contribution in [0.1, 0.15) is 78.1 Å². The van der Waals surface area contributed by atoms with E-state index in [0.29, 0.717) is 0 Å². The summed E-state index contributed by atoms with van der Waals surface area (Å²) < 4.78 is 0.875. The topological polar surface area (TPSA) is 0 Å². The molecule has 2 aliphatic carbocycles. The minimum absolute atomic E-state index is 0.875. The highest BCUT2D eigenvalue weighted by atomic mass is 127. The number of hydrogen-bond acceptors (Lipinski definition) is 0. The third-order valence-electron chi connectivity index (χ3n) is 5.50. The second-order valence-electron chi connectivity index (χ2n) is 7.19. The van der Waals surface area contributed by atoms with Crippen LogP contribution in [0.2, 0.25) is 0 Å². The maximum absolute atomic E-state index is 2.68. The van der Waals surface area contributed by atoms with Gasteiger partial charge < -0.3 is 0 Å². The molecule has 0 N–H and O–H groups in total. The lowest BCUT2D eigenvalue weighted by Gasteiger charge is -2.33. The third kappa shape index (κ3) is 4.68. The lowest BCUT2D eigenvalue weighted by Crippen LogP contribution is -2.22. The number of rotatable bonds is 6. The quantitative estimate of drug-likeness (QED) is 0.388. The van der Waals surface area contributed by atoms with E-state index in [-0.39, 0.29) is 0 Å². The molecular weight excluding hydrogens is 331 g/mol. The molecule has 0 nitrogen and oxygen atoms in total. The molecule has 0 aromatic rings. The van der Waals surface area contributed by atoms with Crippen LogP contribution in [0.3, 0.4) is 0 Å². The summed E-state index contributed by atoms with van der Waals surface area (Å²) in [7, 11) is 0. The first-order valence-corrected chi connectivity index (χ1v) is 9.53. The molecule has 2 fully saturated rings. The van der Waals surface area contributed by atoms with Crippen LogP contribution in [0.4, 0.5) is 0 Å². The first-order chi connectivity index (χ1) is 8.65. The summed E-state index contributed by atoms with van der Waals surface area (Å²) >= 11 is 2.68. The average molecular weight is 362 g/mol. The summed E-state index contributed by atoms with van der Waals surface area (Å²) in [6.45, 7) is 4.90. The van der Waals surface area contributed by atoms with Gasteiger partial charge in [0.1, 0.15) is 0 Å². The van der Waals surface area contributed by atoms with E-state index < -0.39 is 0 Å². The van der Waals surface area contributed by atoms with E-state index in [4.69, 9.17) is 0 Å². The summed E-state index contributed by atoms with van der Waals surface area (Å²) in [5.74, 6) is 4.16. The Hall–Kier alpha value is 0.730. The average Bonchev–Trinajstić information content (AvgIpc) is 2.25. The molecule has 4 atom stereocenters. The fourth-order valence-corrected chi connectivity index (χ4v) is 4.62. The van der Waals surface area contributed by atoms with Crippen LogP contribution in [0.25, 0.3) is 0 Å². The second kappa shape index (κ2) is 7.50. The van der Waals surface area contributed by atoms with Gasteiger partial charge in [0, 0.05) is 3.92 Å². The van der Waals surface area contributed by atoms with Crippen molar-refractivity contribution in [3.63, 3.8) is 0 Å². The van der Waals surface area contributed by atoms with E-state index >= 15 is 0 Å². The van der Waals surface area contributed by atoms with Crippen LogP contribution in [0.15, 0.2) is 0 Å². The lowest BCUT2D eigenvalue weighted by molar-refractivity contribution is 0.214. The molecule has 2 aliphatic rings. The third-order valence-corrected chi connectivity index (χ3v) is 6.52. The van der Waals surface area contributed by atoms with Crippen molar-refractivity contribution in [2.45, 2.75) is 82.0 Å². The highest BCUT2D eigenvalue weighted by Crippen LogP contribution is 2.38. The highest BCUT2D eigenvalue weighted by Gasteiger charge is 2.26. The van der Waals surface area contributed by atoms with Gasteiger partial charge in [-0.3, -0.25) is 0 Å². The van der Waals surface area contributed by atoms with Crippen LogP contribution in [-0.4, -0.2) is 3.92 Å². The van der Waals surface area contributed by atoms with Crippen LogP contribution >= 0.6 is 22.6 Å². The van der Waals surface area contributed by atoms with E-state index in [1.807, 2.05) is 0 Å². The van der Waals surface area contributed by atoms with Crippen LogP contribution < -0.4 is 0 Å². The molecular formula is C17H31I. The molecule has 0 spiro atoms. The van der Waals surface area contributed by atoms with E-state index in [9.17, 15) is 0 Å². The molecule has 0 bridgehead atoms. The molecule has 4 unspecified atom stereocenters. The van der Waals surface area contributed by atoms with Crippen molar-refractivity contribution in [2.24, 2.45) is 23.7 Å². The number of halogens is 1. The van der Waals surface area contributed by atoms with Gasteiger partial charge in [-0.2, -0.15) is 0 Å². The molecule has 1 heteroatoms. The first kappa shape index (κ1) is 15.1. The zero-order valence-electron chi connectivity index (χ0n) is 12.3. The maximum atomic E-state index is 2.68. The summed E-state index contributed by atoms with van der Waals surface area (Å²) in [5, 5.41) is 0. The van der Waals surface area contributed by atoms with Gasteiger partial charge in [-0.15, -0.1) is 0 Å². The summed E-state index contributed by atoms with van der Waals surface area (Å²) in [4.78, 5) is 0. The summed E-state index contributed by atoms with van der Waals surface area (Å²) in [6, 6.07) is 0. The van der Waals surface area contributed by atoms with E-state index in [1.54, 1.807) is 0 Å². The monoisotopic (exact) mass is 362 g/mol. The Bertz CT molecular complexity index is 232. The Morgan fingerprint density at radius 3 is 2.28 bits per heavy atom. The minimum atomic E-state index is 0.875. The largest absolute Gasteiger partial charge is 0.0826 e. The Morgan fingerprint density at radius 2 is 1.72 bits per heavy atom. The molecule has 0 aromatic carbocycles. The summed E-state index contributed by atoms with van der Waals surface area (Å²) in [6.07, 6.45) is 15.2. The fourth-order valence-electron chi connectivity index (χ4n) is 3.97. The van der Waals surface area contributed by atoms with Crippen LogP contribution in [-0.2, 0) is 0 Å². The standard InChI is InChI=1S/C17H31I/c1-13-5-3-8-16(11-13)12-17(14(2)18)10-9-15-6-4-7-15/h13-17H,3-12H2,1-2H3. The molecule has 0 radical (unpaired) electrons. The van der Waals surface area contributed by atoms with Gasteiger partial charge >= 0.3 is 0 Å². The van der Waals surface area contributed by atoms with Crippen LogP contribution in [0, 0.1) is 23.7 Å². The SMILES string of the molecule is CC1CCCC(CC(CCC2CCC2)C(C)I)C1. The van der Waals surface area contributed by atoms with Gasteiger partial charge in [0.2, 0.25) is 0 Å². The van der Waals surface area contributed by atoms with Gasteiger partial charge in [-0.1, -0.05) is 81.4 Å². The molecule has 0 amide bonds. The van der Waals surface area contributed by atoms with Crippen molar-refractivity contribution in [1.29, 1.82) is 0 Å². The van der Waals surface area contributed by atoms with Crippen molar-refractivity contribution in [1.82, 2.24) is 0 Å². The number of alkyl halides is 1. The fraction of sp³-hybridized carbons (Fsp3) is 1.00. The predicted molar refractivity (Wildman–Crippen MR) is 89.3 cm³/mol. The van der Waals surface area contributed by atoms with Crippen molar-refractivity contribution < 1.29 is 0 Å². The molecule has 2 saturated carbocycles. The molecule has 18 heavy (non-hydrogen) atoms. The van der Waals surface area contributed by atoms with E-state index in [2.05, 4.69) is 36.4 Å². The minimum Gasteiger partial charge on any atom is -0.0826 e. The van der Waals surface area contributed by atoms with Gasteiger partial charge in [-0.05, 0) is 42.9 Å². The molecule has 0 aliphatic heterocycles. The lowest BCUT2D eigenvalue weighted by atomic mass is 9.75. The normalized spacial score (nSPS) is 32.8. The first-order valence-electron chi connectivity index (χ1n) is 8.29. The Balaban J connectivity index is 1.73. The number of hydrogen-bond donors (Lipinski definition) is 0. The van der Waals surface area contributed by atoms with Crippen LogP contribution in [0.5, 0.6) is 0 Å². The summed E-state index contributed by atoms with van der Waals surface area (Å²) in [5.41, 5.74) is 0. The Kier molecular flexibility index (Phi) is 6.30. The van der Waals surface area contributed by atoms with Gasteiger partial charge in [0.15, 0.2) is 0 Å². The molecule has 0 heterocycles. The van der Waals surface area contributed by atoms with Crippen molar-refractivity contribution in [2.75, 3.05) is 0 Å². The van der Waals surface area contributed by atoms with E-state index in [1.165, 1.54) is 64.2 Å². The van der Waals surface area contributed by atoms with E-state index in [0.717, 1.165) is 27.6 Å². The molecule has 0 saturated heterocycles. The zero-order chi connectivity index (χ0) is 13.0. The van der Waals surface area contributed by atoms with Gasteiger partial charge in [-0.25, -0.2) is 0 Å². The van der Waals surface area contributed by atoms with Gasteiger partial charge in [0.25, 0.3) is 0 Å². The van der Waals surface area contributed by atoms with Crippen molar-refractivity contribution >= 4 is 22.6 Å². The zero-order valence-corrected chi connectivity index (χ0v) is 14.5. The predicted octanol–water partition coefficient (Wildman–Crippen LogP) is 6.22. The molecule has 0 aromatic heterocycles.